The van der Waals surface area contributed by atoms with Crippen LogP contribution in [0.2, 0.25) is 5.02 Å². The zero-order chi connectivity index (χ0) is 14.0. The molecule has 0 aliphatic carbocycles. The first kappa shape index (κ1) is 14.8. The van der Waals surface area contributed by atoms with Crippen LogP contribution in [0.1, 0.15) is 13.3 Å². The van der Waals surface area contributed by atoms with E-state index in [-0.39, 0.29) is 16.9 Å². The van der Waals surface area contributed by atoms with E-state index in [1.165, 1.54) is 24.9 Å². The lowest BCUT2D eigenvalue weighted by Crippen LogP contribution is -2.25. The molecule has 1 aliphatic heterocycles. The predicted octanol–water partition coefficient (Wildman–Crippen LogP) is 3.13. The van der Waals surface area contributed by atoms with Crippen molar-refractivity contribution in [1.29, 1.82) is 0 Å². The van der Waals surface area contributed by atoms with Crippen LogP contribution in [0, 0.1) is 5.92 Å². The molecule has 4 nitrogen and oxygen atoms in total. The molecule has 1 aromatic rings. The lowest BCUT2D eigenvalue weighted by atomic mass is 10.1. The van der Waals surface area contributed by atoms with Crippen LogP contribution in [0.4, 0.5) is 5.69 Å². The van der Waals surface area contributed by atoms with Crippen molar-refractivity contribution in [2.75, 3.05) is 17.2 Å². The van der Waals surface area contributed by atoms with Crippen LogP contribution in [-0.4, -0.2) is 28.3 Å². The van der Waals surface area contributed by atoms with Gasteiger partial charge in [-0.3, -0.25) is 9.59 Å². The fourth-order valence-electron chi connectivity index (χ4n) is 1.96. The molecule has 1 atom stereocenters. The first-order chi connectivity index (χ1) is 8.97. The highest BCUT2D eigenvalue weighted by molar-refractivity contribution is 9.10. The Morgan fingerprint density at radius 3 is 3.11 bits per heavy atom. The molecule has 1 amide bonds. The Bertz CT molecular complexity index is 526. The second-order valence-electron chi connectivity index (χ2n) is 4.34. The number of pyridine rings is 1. The summed E-state index contributed by atoms with van der Waals surface area (Å²) in [6, 6.07) is 1.72. The third-order valence-corrected chi connectivity index (χ3v) is 4.67. The van der Waals surface area contributed by atoms with E-state index in [1.54, 1.807) is 11.0 Å². The standard InChI is InChI=1S/C12H12BrClN2O2S/c1-7(17)19-6-8-2-11(18)16(5-8)10-3-9(14)4-15-12(10)13/h3-4,8H,2,5-6H2,1H3. The van der Waals surface area contributed by atoms with E-state index in [2.05, 4.69) is 20.9 Å². The number of carbonyl (C=O) groups is 2. The zero-order valence-corrected chi connectivity index (χ0v) is 13.4. The second-order valence-corrected chi connectivity index (χ2v) is 6.73. The summed E-state index contributed by atoms with van der Waals surface area (Å²) < 4.78 is 0.602. The molecule has 1 aromatic heterocycles. The summed E-state index contributed by atoms with van der Waals surface area (Å²) in [7, 11) is 0. The van der Waals surface area contributed by atoms with Crippen LogP contribution in [0.15, 0.2) is 16.9 Å². The lowest BCUT2D eigenvalue weighted by molar-refractivity contribution is -0.117. The van der Waals surface area contributed by atoms with Gasteiger partial charge < -0.3 is 4.90 Å². The van der Waals surface area contributed by atoms with E-state index in [4.69, 9.17) is 11.6 Å². The number of rotatable bonds is 3. The monoisotopic (exact) mass is 362 g/mol. The van der Waals surface area contributed by atoms with E-state index in [9.17, 15) is 9.59 Å². The van der Waals surface area contributed by atoms with Gasteiger partial charge >= 0.3 is 0 Å². The largest absolute Gasteiger partial charge is 0.309 e. The van der Waals surface area contributed by atoms with Crippen LogP contribution < -0.4 is 4.90 Å². The van der Waals surface area contributed by atoms with E-state index < -0.39 is 0 Å². The average molecular weight is 364 g/mol. The summed E-state index contributed by atoms with van der Waals surface area (Å²) in [4.78, 5) is 28.8. The van der Waals surface area contributed by atoms with Crippen LogP contribution in [0.25, 0.3) is 0 Å². The summed E-state index contributed by atoms with van der Waals surface area (Å²) >= 11 is 10.5. The van der Waals surface area contributed by atoms with E-state index in [0.29, 0.717) is 34.0 Å². The Morgan fingerprint density at radius 1 is 1.68 bits per heavy atom. The number of nitrogens with zero attached hydrogens (tertiary/aromatic N) is 2. The molecule has 0 bridgehead atoms. The summed E-state index contributed by atoms with van der Waals surface area (Å²) in [6.45, 7) is 2.14. The summed E-state index contributed by atoms with van der Waals surface area (Å²) in [5, 5.41) is 0.573. The quantitative estimate of drug-likeness (QED) is 0.774. The summed E-state index contributed by atoms with van der Waals surface area (Å²) in [5.74, 6) is 0.898. The molecule has 1 saturated heterocycles. The number of halogens is 2. The van der Waals surface area contributed by atoms with E-state index in [1.807, 2.05) is 0 Å². The zero-order valence-electron chi connectivity index (χ0n) is 10.2. The van der Waals surface area contributed by atoms with Crippen molar-refractivity contribution in [3.05, 3.63) is 21.9 Å². The van der Waals surface area contributed by atoms with Crippen LogP contribution >= 0.6 is 39.3 Å². The average Bonchev–Trinajstić information content (AvgIpc) is 2.71. The van der Waals surface area contributed by atoms with Gasteiger partial charge in [0, 0.05) is 31.8 Å². The Hall–Kier alpha value is -0.590. The third-order valence-electron chi connectivity index (χ3n) is 2.81. The van der Waals surface area contributed by atoms with Crippen molar-refractivity contribution >= 4 is 56.0 Å². The molecule has 2 heterocycles. The predicted molar refractivity (Wildman–Crippen MR) is 80.5 cm³/mol. The maximum Gasteiger partial charge on any atom is 0.227 e. The number of carbonyl (C=O) groups excluding carboxylic acids is 2. The third kappa shape index (κ3) is 3.70. The van der Waals surface area contributed by atoms with Gasteiger partial charge in [-0.05, 0) is 27.9 Å². The van der Waals surface area contributed by atoms with Crippen molar-refractivity contribution in [3.8, 4) is 0 Å². The molecule has 1 fully saturated rings. The van der Waals surface area contributed by atoms with Gasteiger partial charge in [0.1, 0.15) is 4.60 Å². The van der Waals surface area contributed by atoms with Gasteiger partial charge in [0.05, 0.1) is 10.7 Å². The molecule has 0 saturated carbocycles. The molecular formula is C12H12BrClN2O2S. The molecule has 7 heteroatoms. The fraction of sp³-hybridized carbons (Fsp3) is 0.417. The van der Waals surface area contributed by atoms with Crippen molar-refractivity contribution in [1.82, 2.24) is 4.98 Å². The highest BCUT2D eigenvalue weighted by Gasteiger charge is 2.32. The Balaban J connectivity index is 2.11. The smallest absolute Gasteiger partial charge is 0.227 e. The van der Waals surface area contributed by atoms with Gasteiger partial charge in [-0.25, -0.2) is 4.98 Å². The number of hydrogen-bond acceptors (Lipinski definition) is 4. The molecule has 0 aromatic carbocycles. The maximum atomic E-state index is 12.0. The number of hydrogen-bond donors (Lipinski definition) is 0. The Labute approximate surface area is 129 Å². The SMILES string of the molecule is CC(=O)SCC1CC(=O)N(c2cc(Cl)cnc2Br)C1. The Kier molecular flexibility index (Phi) is 4.86. The highest BCUT2D eigenvalue weighted by Crippen LogP contribution is 2.33. The minimum absolute atomic E-state index is 0.0407. The van der Waals surface area contributed by atoms with Crippen LogP contribution in [0.5, 0.6) is 0 Å². The highest BCUT2D eigenvalue weighted by atomic mass is 79.9. The van der Waals surface area contributed by atoms with Gasteiger partial charge in [-0.2, -0.15) is 0 Å². The summed E-state index contributed by atoms with van der Waals surface area (Å²) in [6.07, 6.45) is 1.98. The lowest BCUT2D eigenvalue weighted by Gasteiger charge is -2.17. The van der Waals surface area contributed by atoms with E-state index >= 15 is 0 Å². The van der Waals surface area contributed by atoms with Gasteiger partial charge in [0.2, 0.25) is 5.91 Å². The topological polar surface area (TPSA) is 50.3 Å². The van der Waals surface area contributed by atoms with Gasteiger partial charge in [0.25, 0.3) is 0 Å². The maximum absolute atomic E-state index is 12.0. The van der Waals surface area contributed by atoms with Crippen molar-refractivity contribution < 1.29 is 9.59 Å². The molecule has 102 valence electrons. The molecule has 0 radical (unpaired) electrons. The number of amides is 1. The molecule has 19 heavy (non-hydrogen) atoms. The molecule has 0 spiro atoms. The van der Waals surface area contributed by atoms with Crippen LogP contribution in [-0.2, 0) is 9.59 Å². The van der Waals surface area contributed by atoms with Gasteiger partial charge in [0.15, 0.2) is 5.12 Å². The number of anilines is 1. The number of thioether (sulfide) groups is 1. The minimum Gasteiger partial charge on any atom is -0.309 e. The van der Waals surface area contributed by atoms with Crippen molar-refractivity contribution in [3.63, 3.8) is 0 Å². The molecule has 1 aliphatic rings. The normalized spacial score (nSPS) is 19.0. The molecule has 0 N–H and O–H groups in total. The molecule has 1 unspecified atom stereocenters. The Morgan fingerprint density at radius 2 is 2.42 bits per heavy atom. The van der Waals surface area contributed by atoms with E-state index in [0.717, 1.165) is 0 Å². The first-order valence-electron chi connectivity index (χ1n) is 5.72. The summed E-state index contributed by atoms with van der Waals surface area (Å²) in [5.41, 5.74) is 0.688. The molecule has 2 rings (SSSR count). The van der Waals surface area contributed by atoms with Gasteiger partial charge in [-0.1, -0.05) is 23.4 Å². The van der Waals surface area contributed by atoms with Gasteiger partial charge in [-0.15, -0.1) is 0 Å². The first-order valence-corrected chi connectivity index (χ1v) is 7.88. The van der Waals surface area contributed by atoms with Crippen molar-refractivity contribution in [2.24, 2.45) is 5.92 Å². The number of aromatic nitrogens is 1. The minimum atomic E-state index is 0.0407. The fourth-order valence-corrected chi connectivity index (χ4v) is 3.24. The second kappa shape index (κ2) is 6.24. The van der Waals surface area contributed by atoms with Crippen molar-refractivity contribution in [2.45, 2.75) is 13.3 Å². The molecular weight excluding hydrogens is 352 g/mol. The van der Waals surface area contributed by atoms with Crippen LogP contribution in [0.3, 0.4) is 0 Å².